The van der Waals surface area contributed by atoms with E-state index in [0.717, 1.165) is 0 Å². The van der Waals surface area contributed by atoms with Crippen LogP contribution in [0.5, 0.6) is 0 Å². The first-order chi connectivity index (χ1) is 4.29. The summed E-state index contributed by atoms with van der Waals surface area (Å²) < 4.78 is 0. The molecule has 0 saturated heterocycles. The third-order valence-corrected chi connectivity index (χ3v) is 1.79. The highest BCUT2D eigenvalue weighted by molar-refractivity contribution is 7.10. The van der Waals surface area contributed by atoms with Gasteiger partial charge in [0.1, 0.15) is 0 Å². The van der Waals surface area contributed by atoms with Crippen molar-refractivity contribution < 1.29 is 0 Å². The molecular formula is C8H10S. The Balaban J connectivity index is 2.80. The summed E-state index contributed by atoms with van der Waals surface area (Å²) in [7, 11) is 0. The van der Waals surface area contributed by atoms with Gasteiger partial charge in [-0.25, -0.2) is 0 Å². The molecule has 0 aliphatic rings. The summed E-state index contributed by atoms with van der Waals surface area (Å²) in [6, 6.07) is 4.19. The number of hydrogen-bond acceptors (Lipinski definition) is 1. The Morgan fingerprint density at radius 1 is 1.56 bits per heavy atom. The first-order valence-corrected chi connectivity index (χ1v) is 3.85. The van der Waals surface area contributed by atoms with Crippen LogP contribution in [-0.2, 0) is 0 Å². The molecule has 1 rings (SSSR count). The Hall–Kier alpha value is -0.560. The lowest BCUT2D eigenvalue weighted by Gasteiger charge is -1.84. The lowest BCUT2D eigenvalue weighted by Crippen LogP contribution is -1.60. The quantitative estimate of drug-likeness (QED) is 0.559. The van der Waals surface area contributed by atoms with Gasteiger partial charge in [-0.3, -0.25) is 0 Å². The van der Waals surface area contributed by atoms with E-state index in [-0.39, 0.29) is 0 Å². The van der Waals surface area contributed by atoms with E-state index < -0.39 is 0 Å². The molecule has 0 aliphatic heterocycles. The standard InChI is InChI=1S/C8H10S/c1-7(2)6-8-4-3-5-9-8/h3-6H,1-2H3. The topological polar surface area (TPSA) is 0 Å². The van der Waals surface area contributed by atoms with Gasteiger partial charge in [-0.05, 0) is 31.4 Å². The second kappa shape index (κ2) is 2.83. The van der Waals surface area contributed by atoms with Crippen LogP contribution in [0.15, 0.2) is 23.1 Å². The van der Waals surface area contributed by atoms with E-state index in [2.05, 4.69) is 37.4 Å². The van der Waals surface area contributed by atoms with Crippen LogP contribution in [0.3, 0.4) is 0 Å². The van der Waals surface area contributed by atoms with Crippen molar-refractivity contribution in [1.82, 2.24) is 0 Å². The van der Waals surface area contributed by atoms with Gasteiger partial charge in [0.2, 0.25) is 0 Å². The molecule has 1 aromatic rings. The van der Waals surface area contributed by atoms with E-state index in [1.807, 2.05) is 0 Å². The molecule has 0 fully saturated rings. The molecular weight excluding hydrogens is 128 g/mol. The van der Waals surface area contributed by atoms with Crippen LogP contribution in [-0.4, -0.2) is 0 Å². The van der Waals surface area contributed by atoms with Gasteiger partial charge in [0.15, 0.2) is 0 Å². The first-order valence-electron chi connectivity index (χ1n) is 2.97. The zero-order valence-electron chi connectivity index (χ0n) is 5.72. The molecule has 0 aromatic carbocycles. The number of thiophene rings is 1. The Kier molecular flexibility index (Phi) is 2.06. The summed E-state index contributed by atoms with van der Waals surface area (Å²) in [5.74, 6) is 0. The molecule has 0 radical (unpaired) electrons. The molecule has 0 saturated carbocycles. The van der Waals surface area contributed by atoms with Gasteiger partial charge in [0, 0.05) is 4.88 Å². The van der Waals surface area contributed by atoms with Crippen molar-refractivity contribution in [3.05, 3.63) is 28.0 Å². The van der Waals surface area contributed by atoms with Crippen molar-refractivity contribution in [1.29, 1.82) is 0 Å². The smallest absolute Gasteiger partial charge is 0.0269 e. The van der Waals surface area contributed by atoms with E-state index in [1.54, 1.807) is 11.3 Å². The molecule has 48 valence electrons. The predicted molar refractivity (Wildman–Crippen MR) is 43.6 cm³/mol. The van der Waals surface area contributed by atoms with E-state index in [4.69, 9.17) is 0 Å². The van der Waals surface area contributed by atoms with Crippen molar-refractivity contribution in [2.75, 3.05) is 0 Å². The van der Waals surface area contributed by atoms with Crippen molar-refractivity contribution in [3.8, 4) is 0 Å². The van der Waals surface area contributed by atoms with E-state index in [0.29, 0.717) is 0 Å². The van der Waals surface area contributed by atoms with Crippen molar-refractivity contribution in [2.24, 2.45) is 0 Å². The maximum absolute atomic E-state index is 2.19. The molecule has 0 unspecified atom stereocenters. The van der Waals surface area contributed by atoms with Gasteiger partial charge >= 0.3 is 0 Å². The SMILES string of the molecule is CC(C)=Cc1cccs1. The largest absolute Gasteiger partial charge is 0.144 e. The zero-order chi connectivity index (χ0) is 6.69. The summed E-state index contributed by atoms with van der Waals surface area (Å²) in [6.45, 7) is 4.22. The Morgan fingerprint density at radius 3 is 2.78 bits per heavy atom. The van der Waals surface area contributed by atoms with Gasteiger partial charge in [-0.15, -0.1) is 11.3 Å². The number of allylic oxidation sites excluding steroid dienone is 1. The van der Waals surface area contributed by atoms with Crippen molar-refractivity contribution in [2.45, 2.75) is 13.8 Å². The molecule has 0 nitrogen and oxygen atoms in total. The fraction of sp³-hybridized carbons (Fsp3) is 0.250. The molecule has 9 heavy (non-hydrogen) atoms. The maximum atomic E-state index is 2.19. The molecule has 0 aliphatic carbocycles. The third kappa shape index (κ3) is 2.02. The van der Waals surface area contributed by atoms with Gasteiger partial charge in [0.05, 0.1) is 0 Å². The third-order valence-electron chi connectivity index (χ3n) is 0.974. The summed E-state index contributed by atoms with van der Waals surface area (Å²) in [5.41, 5.74) is 1.36. The average Bonchev–Trinajstić information content (AvgIpc) is 2.15. The van der Waals surface area contributed by atoms with Gasteiger partial charge in [-0.1, -0.05) is 11.6 Å². The van der Waals surface area contributed by atoms with Crippen LogP contribution in [0.1, 0.15) is 18.7 Å². The highest BCUT2D eigenvalue weighted by Gasteiger charge is 1.84. The molecule has 1 aromatic heterocycles. The lowest BCUT2D eigenvalue weighted by molar-refractivity contribution is 1.43. The predicted octanol–water partition coefficient (Wildman–Crippen LogP) is 3.17. The van der Waals surface area contributed by atoms with Crippen molar-refractivity contribution >= 4 is 17.4 Å². The molecule has 0 amide bonds. The normalized spacial score (nSPS) is 9.11. The Labute approximate surface area is 59.8 Å². The van der Waals surface area contributed by atoms with E-state index >= 15 is 0 Å². The van der Waals surface area contributed by atoms with Crippen LogP contribution < -0.4 is 0 Å². The highest BCUT2D eigenvalue weighted by atomic mass is 32.1. The van der Waals surface area contributed by atoms with Crippen LogP contribution >= 0.6 is 11.3 Å². The fourth-order valence-electron chi connectivity index (χ4n) is 0.658. The first kappa shape index (κ1) is 6.56. The molecule has 0 bridgehead atoms. The highest BCUT2D eigenvalue weighted by Crippen LogP contribution is 2.12. The number of hydrogen-bond donors (Lipinski definition) is 0. The lowest BCUT2D eigenvalue weighted by atomic mass is 10.3. The maximum Gasteiger partial charge on any atom is 0.0269 e. The fourth-order valence-corrected chi connectivity index (χ4v) is 1.43. The van der Waals surface area contributed by atoms with Gasteiger partial charge in [-0.2, -0.15) is 0 Å². The minimum atomic E-state index is 1.34. The van der Waals surface area contributed by atoms with E-state index in [1.165, 1.54) is 10.5 Å². The average molecular weight is 138 g/mol. The molecule has 0 spiro atoms. The van der Waals surface area contributed by atoms with Crippen LogP contribution in [0.2, 0.25) is 0 Å². The zero-order valence-corrected chi connectivity index (χ0v) is 6.53. The second-order valence-corrected chi connectivity index (χ2v) is 3.22. The van der Waals surface area contributed by atoms with E-state index in [9.17, 15) is 0 Å². The Morgan fingerprint density at radius 2 is 2.33 bits per heavy atom. The summed E-state index contributed by atoms with van der Waals surface area (Å²) in [5, 5.41) is 2.09. The summed E-state index contributed by atoms with van der Waals surface area (Å²) in [6.07, 6.45) is 2.19. The second-order valence-electron chi connectivity index (χ2n) is 2.24. The number of rotatable bonds is 1. The summed E-state index contributed by atoms with van der Waals surface area (Å²) in [4.78, 5) is 1.34. The molecule has 0 atom stereocenters. The van der Waals surface area contributed by atoms with Crippen LogP contribution in [0.25, 0.3) is 6.08 Å². The minimum Gasteiger partial charge on any atom is -0.144 e. The minimum absolute atomic E-state index is 1.34. The van der Waals surface area contributed by atoms with Crippen LogP contribution in [0, 0.1) is 0 Å². The molecule has 0 N–H and O–H groups in total. The van der Waals surface area contributed by atoms with Crippen molar-refractivity contribution in [3.63, 3.8) is 0 Å². The molecule has 1 heteroatoms. The van der Waals surface area contributed by atoms with Gasteiger partial charge < -0.3 is 0 Å². The van der Waals surface area contributed by atoms with Gasteiger partial charge in [0.25, 0.3) is 0 Å². The summed E-state index contributed by atoms with van der Waals surface area (Å²) >= 11 is 1.77. The Bertz CT molecular complexity index is 190. The molecule has 1 heterocycles. The monoisotopic (exact) mass is 138 g/mol. The van der Waals surface area contributed by atoms with Crippen LogP contribution in [0.4, 0.5) is 0 Å².